The number of benzene rings is 2. The van der Waals surface area contributed by atoms with Crippen LogP contribution in [0, 0.1) is 0 Å². The molecule has 162 valence electrons. The molecular weight excluding hydrogens is 424 g/mol. The van der Waals surface area contributed by atoms with E-state index in [2.05, 4.69) is 51.4 Å². The molecule has 0 saturated carbocycles. The Morgan fingerprint density at radius 1 is 1.13 bits per heavy atom. The van der Waals surface area contributed by atoms with E-state index < -0.39 is 0 Å². The summed E-state index contributed by atoms with van der Waals surface area (Å²) in [4.78, 5) is 23.1. The van der Waals surface area contributed by atoms with Crippen molar-refractivity contribution in [2.75, 3.05) is 44.8 Å². The molecule has 31 heavy (non-hydrogen) atoms. The van der Waals surface area contributed by atoms with Crippen molar-refractivity contribution in [3.05, 3.63) is 65.2 Å². The van der Waals surface area contributed by atoms with Gasteiger partial charge in [0.1, 0.15) is 5.01 Å². The van der Waals surface area contributed by atoms with Gasteiger partial charge in [-0.05, 0) is 37.1 Å². The second kappa shape index (κ2) is 10.4. The Labute approximate surface area is 192 Å². The van der Waals surface area contributed by atoms with Crippen molar-refractivity contribution in [2.45, 2.75) is 17.9 Å². The van der Waals surface area contributed by atoms with Gasteiger partial charge in [-0.1, -0.05) is 30.3 Å². The van der Waals surface area contributed by atoms with Crippen molar-refractivity contribution >= 4 is 34.7 Å². The summed E-state index contributed by atoms with van der Waals surface area (Å²) < 4.78 is 0. The standard InChI is InChI=1S/C24H28N4OS2/c1-27-10-12-28(13-11-27)16-18-6-8-19(9-7-18)24-26-21(17-31-24)15-23(29)25-20-4-3-5-22(14-20)30-2/h3-9,14,17H,10-13,15-16H2,1-2H3,(H,25,29). The minimum Gasteiger partial charge on any atom is -0.326 e. The third kappa shape index (κ3) is 6.17. The SMILES string of the molecule is CSc1cccc(NC(=O)Cc2csc(-c3ccc(CN4CCN(C)CC4)cc3)n2)c1. The number of aromatic nitrogens is 1. The van der Waals surface area contributed by atoms with Crippen molar-refractivity contribution in [3.8, 4) is 10.6 Å². The smallest absolute Gasteiger partial charge is 0.230 e. The number of anilines is 1. The van der Waals surface area contributed by atoms with Gasteiger partial charge in [-0.3, -0.25) is 9.69 Å². The summed E-state index contributed by atoms with van der Waals surface area (Å²) in [6, 6.07) is 16.6. The first-order valence-corrected chi connectivity index (χ1v) is 12.6. The summed E-state index contributed by atoms with van der Waals surface area (Å²) >= 11 is 3.25. The fraction of sp³-hybridized carbons (Fsp3) is 0.333. The molecule has 2 heterocycles. The molecule has 1 amide bonds. The number of thiazole rings is 1. The van der Waals surface area contributed by atoms with Gasteiger partial charge in [0.25, 0.3) is 0 Å². The van der Waals surface area contributed by atoms with Gasteiger partial charge in [0.2, 0.25) is 5.91 Å². The molecule has 0 atom stereocenters. The van der Waals surface area contributed by atoms with Gasteiger partial charge in [-0.15, -0.1) is 23.1 Å². The molecule has 0 unspecified atom stereocenters. The van der Waals surface area contributed by atoms with Crippen LogP contribution in [0.2, 0.25) is 0 Å². The van der Waals surface area contributed by atoms with Gasteiger partial charge in [0, 0.05) is 54.3 Å². The fourth-order valence-electron chi connectivity index (χ4n) is 3.61. The number of carbonyl (C=O) groups is 1. The van der Waals surface area contributed by atoms with Crippen LogP contribution in [0.1, 0.15) is 11.3 Å². The Morgan fingerprint density at radius 3 is 2.65 bits per heavy atom. The summed E-state index contributed by atoms with van der Waals surface area (Å²) in [6.07, 6.45) is 2.30. The Hall–Kier alpha value is -2.19. The third-order valence-corrected chi connectivity index (χ3v) is 7.12. The zero-order valence-corrected chi connectivity index (χ0v) is 19.6. The number of nitrogens with one attached hydrogen (secondary N) is 1. The zero-order chi connectivity index (χ0) is 21.6. The molecule has 7 heteroatoms. The Balaban J connectivity index is 1.33. The second-order valence-electron chi connectivity index (χ2n) is 7.88. The molecule has 0 aliphatic carbocycles. The molecule has 1 saturated heterocycles. The van der Waals surface area contributed by atoms with E-state index in [0.29, 0.717) is 0 Å². The van der Waals surface area contributed by atoms with Gasteiger partial charge < -0.3 is 10.2 Å². The number of piperazine rings is 1. The Bertz CT molecular complexity index is 1010. The van der Waals surface area contributed by atoms with E-state index in [1.807, 2.05) is 35.9 Å². The molecular formula is C24H28N4OS2. The van der Waals surface area contributed by atoms with Crippen molar-refractivity contribution in [1.29, 1.82) is 0 Å². The molecule has 0 radical (unpaired) electrons. The minimum absolute atomic E-state index is 0.0439. The van der Waals surface area contributed by atoms with Gasteiger partial charge in [-0.25, -0.2) is 4.98 Å². The Kier molecular flexibility index (Phi) is 7.40. The lowest BCUT2D eigenvalue weighted by Crippen LogP contribution is -2.43. The highest BCUT2D eigenvalue weighted by Crippen LogP contribution is 2.25. The minimum atomic E-state index is -0.0439. The molecule has 4 rings (SSSR count). The van der Waals surface area contributed by atoms with E-state index in [4.69, 9.17) is 0 Å². The average molecular weight is 453 g/mol. The second-order valence-corrected chi connectivity index (χ2v) is 9.62. The maximum absolute atomic E-state index is 12.4. The average Bonchev–Trinajstić information content (AvgIpc) is 3.24. The topological polar surface area (TPSA) is 48.5 Å². The van der Waals surface area contributed by atoms with Gasteiger partial charge in [0.05, 0.1) is 12.1 Å². The lowest BCUT2D eigenvalue weighted by Gasteiger charge is -2.32. The fourth-order valence-corrected chi connectivity index (χ4v) is 4.89. The van der Waals surface area contributed by atoms with E-state index in [1.165, 1.54) is 5.56 Å². The predicted molar refractivity (Wildman–Crippen MR) is 131 cm³/mol. The molecule has 1 aliphatic rings. The van der Waals surface area contributed by atoms with Crippen molar-refractivity contribution in [2.24, 2.45) is 0 Å². The van der Waals surface area contributed by atoms with Crippen LogP contribution in [0.4, 0.5) is 5.69 Å². The molecule has 0 bridgehead atoms. The summed E-state index contributed by atoms with van der Waals surface area (Å²) in [5, 5.41) is 5.90. The maximum Gasteiger partial charge on any atom is 0.230 e. The first-order chi connectivity index (χ1) is 15.1. The van der Waals surface area contributed by atoms with Crippen LogP contribution in [-0.2, 0) is 17.8 Å². The highest BCUT2D eigenvalue weighted by Gasteiger charge is 2.14. The van der Waals surface area contributed by atoms with E-state index in [0.717, 1.165) is 59.6 Å². The lowest BCUT2D eigenvalue weighted by atomic mass is 10.1. The van der Waals surface area contributed by atoms with E-state index in [9.17, 15) is 4.79 Å². The first-order valence-electron chi connectivity index (χ1n) is 10.5. The van der Waals surface area contributed by atoms with Crippen LogP contribution in [-0.4, -0.2) is 60.2 Å². The largest absolute Gasteiger partial charge is 0.326 e. The van der Waals surface area contributed by atoms with E-state index in [1.54, 1.807) is 23.1 Å². The van der Waals surface area contributed by atoms with Crippen LogP contribution < -0.4 is 5.32 Å². The highest BCUT2D eigenvalue weighted by molar-refractivity contribution is 7.98. The quantitative estimate of drug-likeness (QED) is 0.537. The predicted octanol–water partition coefficient (Wildman–Crippen LogP) is 4.46. The molecule has 2 aromatic carbocycles. The molecule has 1 aromatic heterocycles. The molecule has 3 aromatic rings. The number of rotatable bonds is 7. The summed E-state index contributed by atoms with van der Waals surface area (Å²) in [5.74, 6) is -0.0439. The van der Waals surface area contributed by atoms with Crippen LogP contribution in [0.25, 0.3) is 10.6 Å². The molecule has 1 N–H and O–H groups in total. The van der Waals surface area contributed by atoms with Crippen LogP contribution in [0.3, 0.4) is 0 Å². The monoisotopic (exact) mass is 452 g/mol. The first kappa shape index (κ1) is 22.0. The molecule has 0 spiro atoms. The van der Waals surface area contributed by atoms with Gasteiger partial charge in [0.15, 0.2) is 0 Å². The number of amides is 1. The third-order valence-electron chi connectivity index (χ3n) is 5.45. The normalized spacial score (nSPS) is 15.2. The summed E-state index contributed by atoms with van der Waals surface area (Å²) in [6.45, 7) is 5.51. The molecule has 1 aliphatic heterocycles. The number of thioether (sulfide) groups is 1. The Morgan fingerprint density at radius 2 is 1.90 bits per heavy atom. The van der Waals surface area contributed by atoms with Gasteiger partial charge >= 0.3 is 0 Å². The van der Waals surface area contributed by atoms with Gasteiger partial charge in [-0.2, -0.15) is 0 Å². The van der Waals surface area contributed by atoms with Crippen molar-refractivity contribution in [3.63, 3.8) is 0 Å². The number of hydrogen-bond acceptors (Lipinski definition) is 6. The van der Waals surface area contributed by atoms with Crippen LogP contribution >= 0.6 is 23.1 Å². The van der Waals surface area contributed by atoms with Crippen molar-refractivity contribution in [1.82, 2.24) is 14.8 Å². The van der Waals surface area contributed by atoms with Crippen LogP contribution in [0.5, 0.6) is 0 Å². The molecule has 1 fully saturated rings. The summed E-state index contributed by atoms with van der Waals surface area (Å²) in [7, 11) is 2.18. The summed E-state index contributed by atoms with van der Waals surface area (Å²) in [5.41, 5.74) is 4.06. The number of carbonyl (C=O) groups excluding carboxylic acids is 1. The van der Waals surface area contributed by atoms with Crippen molar-refractivity contribution < 1.29 is 4.79 Å². The zero-order valence-electron chi connectivity index (χ0n) is 18.0. The number of likely N-dealkylation sites (N-methyl/N-ethyl adjacent to an activating group) is 1. The lowest BCUT2D eigenvalue weighted by molar-refractivity contribution is -0.115. The van der Waals surface area contributed by atoms with E-state index >= 15 is 0 Å². The number of hydrogen-bond donors (Lipinski definition) is 1. The molecule has 5 nitrogen and oxygen atoms in total. The van der Waals surface area contributed by atoms with Crippen LogP contribution in [0.15, 0.2) is 58.8 Å². The number of nitrogens with zero attached hydrogens (tertiary/aromatic N) is 3. The highest BCUT2D eigenvalue weighted by atomic mass is 32.2. The van der Waals surface area contributed by atoms with E-state index in [-0.39, 0.29) is 12.3 Å². The maximum atomic E-state index is 12.4.